The third kappa shape index (κ3) is 9.20. The van der Waals surface area contributed by atoms with Crippen molar-refractivity contribution >= 4 is 43.5 Å². The number of amides is 2. The van der Waals surface area contributed by atoms with E-state index in [1.165, 1.54) is 10.6 Å². The van der Waals surface area contributed by atoms with Crippen LogP contribution in [0, 0.1) is 13.8 Å². The van der Waals surface area contributed by atoms with E-state index < -0.39 is 16.1 Å². The molecule has 0 aliphatic rings. The lowest BCUT2D eigenvalue weighted by Crippen LogP contribution is -2.50. The average Bonchev–Trinajstić information content (AvgIpc) is 2.89. The lowest BCUT2D eigenvalue weighted by atomic mass is 10.0. The lowest BCUT2D eigenvalue weighted by Gasteiger charge is -2.32. The number of rotatable bonds is 13. The number of sulfonamides is 1. The minimum absolute atomic E-state index is 0.0953. The fourth-order valence-corrected chi connectivity index (χ4v) is 5.94. The van der Waals surface area contributed by atoms with Crippen molar-refractivity contribution in [2.45, 2.75) is 52.6 Å². The first-order valence-corrected chi connectivity index (χ1v) is 16.0. The van der Waals surface area contributed by atoms with Crippen molar-refractivity contribution in [3.8, 4) is 0 Å². The molecule has 1 N–H and O–H groups in total. The predicted molar refractivity (Wildman–Crippen MR) is 165 cm³/mol. The first-order valence-electron chi connectivity index (χ1n) is 13.4. The monoisotopic (exact) mass is 627 g/mol. The summed E-state index contributed by atoms with van der Waals surface area (Å²) < 4.78 is 27.6. The summed E-state index contributed by atoms with van der Waals surface area (Å²) in [5.74, 6) is -0.422. The van der Waals surface area contributed by atoms with Crippen LogP contribution in [-0.4, -0.2) is 50.5 Å². The SMILES string of the molecule is CCNC(=O)[C@@H](Cc1ccccc1)N(Cc1ccc(Br)cc1)C(=O)CCCN(c1cc(C)cc(C)c1)S(C)(=O)=O. The standard InChI is InChI=1S/C31H38BrN3O4S/c1-5-33-31(37)29(21-25-10-7-6-8-11-25)34(22-26-13-15-27(32)16-14-26)30(36)12-9-17-35(40(4,38)39)28-19-23(2)18-24(3)20-28/h6-8,10-11,13-16,18-20,29H,5,9,12,17,21-22H2,1-4H3,(H,33,37)/t29-/m1/s1. The van der Waals surface area contributed by atoms with E-state index >= 15 is 0 Å². The maximum atomic E-state index is 13.8. The molecule has 0 bridgehead atoms. The van der Waals surface area contributed by atoms with E-state index in [0.29, 0.717) is 25.1 Å². The van der Waals surface area contributed by atoms with Crippen LogP contribution in [0.2, 0.25) is 0 Å². The van der Waals surface area contributed by atoms with Gasteiger partial charge in [0.15, 0.2) is 0 Å². The average molecular weight is 629 g/mol. The van der Waals surface area contributed by atoms with Crippen LogP contribution in [0.25, 0.3) is 0 Å². The van der Waals surface area contributed by atoms with Gasteiger partial charge in [0.05, 0.1) is 11.9 Å². The minimum Gasteiger partial charge on any atom is -0.355 e. The molecule has 7 nitrogen and oxygen atoms in total. The predicted octanol–water partition coefficient (Wildman–Crippen LogP) is 5.39. The summed E-state index contributed by atoms with van der Waals surface area (Å²) in [4.78, 5) is 28.7. The number of nitrogens with zero attached hydrogens (tertiary/aromatic N) is 2. The lowest BCUT2D eigenvalue weighted by molar-refractivity contribution is -0.141. The third-order valence-electron chi connectivity index (χ3n) is 6.53. The molecule has 0 unspecified atom stereocenters. The van der Waals surface area contributed by atoms with Crippen LogP contribution in [0.4, 0.5) is 5.69 Å². The summed E-state index contributed by atoms with van der Waals surface area (Å²) in [5, 5.41) is 2.89. The summed E-state index contributed by atoms with van der Waals surface area (Å²) >= 11 is 3.45. The number of carbonyl (C=O) groups is 2. The molecule has 1 atom stereocenters. The van der Waals surface area contributed by atoms with Gasteiger partial charge in [0.1, 0.15) is 6.04 Å². The van der Waals surface area contributed by atoms with Gasteiger partial charge < -0.3 is 10.2 Å². The van der Waals surface area contributed by atoms with Crippen molar-refractivity contribution in [3.05, 3.63) is 99.5 Å². The second kappa shape index (κ2) is 14.5. The number of likely N-dealkylation sites (N-methyl/N-ethyl adjacent to an activating group) is 1. The van der Waals surface area contributed by atoms with E-state index in [0.717, 1.165) is 26.7 Å². The van der Waals surface area contributed by atoms with E-state index in [9.17, 15) is 18.0 Å². The van der Waals surface area contributed by atoms with E-state index in [1.54, 1.807) is 4.90 Å². The Morgan fingerprint density at radius 1 is 0.925 bits per heavy atom. The summed E-state index contributed by atoms with van der Waals surface area (Å²) in [6, 6.07) is 22.2. The van der Waals surface area contributed by atoms with E-state index in [-0.39, 0.29) is 31.3 Å². The molecule has 40 heavy (non-hydrogen) atoms. The summed E-state index contributed by atoms with van der Waals surface area (Å²) in [6.07, 6.45) is 1.95. The number of carbonyl (C=O) groups excluding carboxylic acids is 2. The van der Waals surface area contributed by atoms with Crippen molar-refractivity contribution < 1.29 is 18.0 Å². The zero-order valence-electron chi connectivity index (χ0n) is 23.6. The second-order valence-electron chi connectivity index (χ2n) is 10.0. The van der Waals surface area contributed by atoms with E-state index in [1.807, 2.05) is 93.6 Å². The molecule has 3 aromatic carbocycles. The maximum absolute atomic E-state index is 13.8. The summed E-state index contributed by atoms with van der Waals surface area (Å²) in [5.41, 5.74) is 4.36. The molecule has 0 spiro atoms. The zero-order chi connectivity index (χ0) is 29.3. The van der Waals surface area contributed by atoms with Crippen LogP contribution < -0.4 is 9.62 Å². The van der Waals surface area contributed by atoms with E-state index in [4.69, 9.17) is 0 Å². The zero-order valence-corrected chi connectivity index (χ0v) is 26.0. The highest BCUT2D eigenvalue weighted by atomic mass is 79.9. The molecule has 2 amide bonds. The van der Waals surface area contributed by atoms with Gasteiger partial charge in [0.2, 0.25) is 21.8 Å². The minimum atomic E-state index is -3.56. The molecule has 0 fully saturated rings. The summed E-state index contributed by atoms with van der Waals surface area (Å²) in [6.45, 7) is 6.57. The first kappa shape index (κ1) is 31.4. The fourth-order valence-electron chi connectivity index (χ4n) is 4.73. The molecule has 0 heterocycles. The number of anilines is 1. The van der Waals surface area contributed by atoms with Crippen LogP contribution in [0.15, 0.2) is 77.3 Å². The van der Waals surface area contributed by atoms with Gasteiger partial charge in [-0.1, -0.05) is 64.5 Å². The molecule has 0 aromatic heterocycles. The van der Waals surface area contributed by atoms with Gasteiger partial charge in [-0.05, 0) is 73.7 Å². The number of nitrogens with one attached hydrogen (secondary N) is 1. The smallest absolute Gasteiger partial charge is 0.243 e. The van der Waals surface area contributed by atoms with Crippen molar-refractivity contribution in [2.24, 2.45) is 0 Å². The topological polar surface area (TPSA) is 86.8 Å². The highest BCUT2D eigenvalue weighted by Gasteiger charge is 2.30. The second-order valence-corrected chi connectivity index (χ2v) is 12.9. The van der Waals surface area contributed by atoms with Crippen LogP contribution in [0.1, 0.15) is 42.0 Å². The van der Waals surface area contributed by atoms with Gasteiger partial charge >= 0.3 is 0 Å². The number of halogens is 1. The Morgan fingerprint density at radius 2 is 1.55 bits per heavy atom. The molecule has 214 valence electrons. The van der Waals surface area contributed by atoms with Gasteiger partial charge in [0.25, 0.3) is 0 Å². The summed E-state index contributed by atoms with van der Waals surface area (Å²) in [7, 11) is -3.56. The highest BCUT2D eigenvalue weighted by Crippen LogP contribution is 2.23. The molecule has 0 saturated carbocycles. The van der Waals surface area contributed by atoms with Crippen molar-refractivity contribution in [3.63, 3.8) is 0 Å². The number of benzene rings is 3. The third-order valence-corrected chi connectivity index (χ3v) is 8.26. The molecule has 0 saturated heterocycles. The molecule has 0 radical (unpaired) electrons. The van der Waals surface area contributed by atoms with Gasteiger partial charge in [-0.3, -0.25) is 13.9 Å². The van der Waals surface area contributed by atoms with Gasteiger partial charge in [-0.15, -0.1) is 0 Å². The number of hydrogen-bond acceptors (Lipinski definition) is 4. The highest BCUT2D eigenvalue weighted by molar-refractivity contribution is 9.10. The van der Waals surface area contributed by atoms with Crippen LogP contribution >= 0.6 is 15.9 Å². The Labute approximate surface area is 246 Å². The van der Waals surface area contributed by atoms with Crippen LogP contribution in [0.5, 0.6) is 0 Å². The molecule has 0 aliphatic heterocycles. The quantitative estimate of drug-likeness (QED) is 0.275. The Balaban J connectivity index is 1.87. The Hall–Kier alpha value is -3.17. The van der Waals surface area contributed by atoms with Crippen LogP contribution in [-0.2, 0) is 32.6 Å². The van der Waals surface area contributed by atoms with Crippen LogP contribution in [0.3, 0.4) is 0 Å². The number of hydrogen-bond donors (Lipinski definition) is 1. The van der Waals surface area contributed by atoms with Gasteiger partial charge in [-0.2, -0.15) is 0 Å². The van der Waals surface area contributed by atoms with Crippen molar-refractivity contribution in [1.29, 1.82) is 0 Å². The molecule has 3 rings (SSSR count). The van der Waals surface area contributed by atoms with Gasteiger partial charge in [-0.25, -0.2) is 8.42 Å². The molecule has 3 aromatic rings. The number of aryl methyl sites for hydroxylation is 2. The van der Waals surface area contributed by atoms with Crippen molar-refractivity contribution in [1.82, 2.24) is 10.2 Å². The van der Waals surface area contributed by atoms with Crippen molar-refractivity contribution in [2.75, 3.05) is 23.7 Å². The Morgan fingerprint density at radius 3 is 2.12 bits per heavy atom. The largest absolute Gasteiger partial charge is 0.355 e. The first-order chi connectivity index (χ1) is 19.0. The molecule has 0 aliphatic carbocycles. The maximum Gasteiger partial charge on any atom is 0.243 e. The molecular weight excluding hydrogens is 590 g/mol. The van der Waals surface area contributed by atoms with E-state index in [2.05, 4.69) is 21.2 Å². The molecular formula is C31H38BrN3O4S. The normalized spacial score (nSPS) is 12.0. The van der Waals surface area contributed by atoms with Gasteiger partial charge in [0, 0.05) is 36.9 Å². The Kier molecular flexibility index (Phi) is 11.3. The fraction of sp³-hybridized carbons (Fsp3) is 0.355. The Bertz CT molecular complexity index is 1380. The molecule has 9 heteroatoms.